The number of benzene rings is 1. The highest BCUT2D eigenvalue weighted by Crippen LogP contribution is 2.26. The van der Waals surface area contributed by atoms with Crippen molar-refractivity contribution in [2.75, 3.05) is 32.3 Å². The Morgan fingerprint density at radius 1 is 1.23 bits per heavy atom. The zero-order valence-corrected chi connectivity index (χ0v) is 17.5. The van der Waals surface area contributed by atoms with Crippen molar-refractivity contribution >= 4 is 17.7 Å². The molecule has 0 bridgehead atoms. The summed E-state index contributed by atoms with van der Waals surface area (Å²) in [5.74, 6) is -0.335. The average molecular weight is 442 g/mol. The standard InChI is InChI=1S/C21H25F3N2O5/c1-5-9-15(10-7-8-13-31-21(22,23)24)25-20(28)26(6-2)16-11-12-17(19(27)30-4)18(14-16)29-3/h5,7-9,11-12,14H,1,6,10,13H2,2-4H3,(H,25,28)/b8-7-,15-9+. The van der Waals surface area contributed by atoms with Gasteiger partial charge in [-0.3, -0.25) is 9.64 Å². The summed E-state index contributed by atoms with van der Waals surface area (Å²) in [5.41, 5.74) is 1.10. The molecule has 0 atom stereocenters. The molecule has 1 N–H and O–H groups in total. The second-order valence-corrected chi connectivity index (χ2v) is 5.91. The van der Waals surface area contributed by atoms with Crippen molar-refractivity contribution in [2.24, 2.45) is 0 Å². The van der Waals surface area contributed by atoms with Gasteiger partial charge in [-0.1, -0.05) is 24.8 Å². The van der Waals surface area contributed by atoms with E-state index in [1.54, 1.807) is 13.0 Å². The maximum absolute atomic E-state index is 12.8. The van der Waals surface area contributed by atoms with Gasteiger partial charge in [0, 0.05) is 30.4 Å². The number of anilines is 1. The SMILES string of the molecule is C=C/C=C(\C/C=C\COC(F)(F)F)NC(=O)N(CC)c1ccc(C(=O)OC)c(OC)c1. The number of hydrogen-bond acceptors (Lipinski definition) is 5. The molecule has 0 fully saturated rings. The summed E-state index contributed by atoms with van der Waals surface area (Å²) >= 11 is 0. The Bertz CT molecular complexity index is 835. The van der Waals surface area contributed by atoms with Crippen molar-refractivity contribution in [1.82, 2.24) is 5.32 Å². The van der Waals surface area contributed by atoms with Gasteiger partial charge in [-0.25, -0.2) is 9.59 Å². The largest absolute Gasteiger partial charge is 0.522 e. The first-order chi connectivity index (χ1) is 14.7. The molecule has 1 rings (SSSR count). The molecule has 0 saturated carbocycles. The third-order valence-electron chi connectivity index (χ3n) is 3.90. The lowest BCUT2D eigenvalue weighted by molar-refractivity contribution is -0.319. The molecular weight excluding hydrogens is 417 g/mol. The zero-order chi connectivity index (χ0) is 23.4. The van der Waals surface area contributed by atoms with Crippen molar-refractivity contribution in [3.8, 4) is 5.75 Å². The smallest absolute Gasteiger partial charge is 0.496 e. The van der Waals surface area contributed by atoms with Gasteiger partial charge in [-0.15, -0.1) is 13.2 Å². The van der Waals surface area contributed by atoms with E-state index < -0.39 is 25.0 Å². The van der Waals surface area contributed by atoms with Gasteiger partial charge >= 0.3 is 18.4 Å². The number of nitrogens with zero attached hydrogens (tertiary/aromatic N) is 1. The quantitative estimate of drug-likeness (QED) is 0.326. The van der Waals surface area contributed by atoms with Crippen LogP contribution in [0.1, 0.15) is 23.7 Å². The Labute approximate surface area is 178 Å². The molecule has 0 radical (unpaired) electrons. The first-order valence-electron chi connectivity index (χ1n) is 9.18. The van der Waals surface area contributed by atoms with Crippen molar-refractivity contribution < 1.29 is 37.0 Å². The number of amides is 2. The minimum atomic E-state index is -4.70. The van der Waals surface area contributed by atoms with E-state index in [9.17, 15) is 22.8 Å². The first-order valence-corrected chi connectivity index (χ1v) is 9.18. The van der Waals surface area contributed by atoms with Crippen molar-refractivity contribution in [2.45, 2.75) is 19.7 Å². The highest BCUT2D eigenvalue weighted by molar-refractivity contribution is 5.96. The number of ether oxygens (including phenoxy) is 3. The fourth-order valence-electron chi connectivity index (χ4n) is 2.50. The second kappa shape index (κ2) is 12.4. The number of methoxy groups -OCH3 is 2. The average Bonchev–Trinajstić information content (AvgIpc) is 2.72. The number of urea groups is 1. The maximum atomic E-state index is 12.8. The molecule has 1 aromatic rings. The Balaban J connectivity index is 2.92. The molecule has 0 saturated heterocycles. The Kier molecular flexibility index (Phi) is 10.3. The van der Waals surface area contributed by atoms with Crippen LogP contribution in [-0.2, 0) is 9.47 Å². The number of nitrogens with one attached hydrogen (secondary N) is 1. The lowest BCUT2D eigenvalue weighted by Gasteiger charge is -2.23. The molecular formula is C21H25F3N2O5. The van der Waals surface area contributed by atoms with E-state index in [0.717, 1.165) is 0 Å². The molecule has 0 unspecified atom stereocenters. The Morgan fingerprint density at radius 3 is 2.48 bits per heavy atom. The third kappa shape index (κ3) is 8.55. The van der Waals surface area contributed by atoms with E-state index in [1.165, 1.54) is 55.6 Å². The van der Waals surface area contributed by atoms with Crippen LogP contribution in [0.4, 0.5) is 23.7 Å². The highest BCUT2D eigenvalue weighted by Gasteiger charge is 2.28. The fourth-order valence-corrected chi connectivity index (χ4v) is 2.50. The summed E-state index contributed by atoms with van der Waals surface area (Å²) in [6.45, 7) is 4.98. The summed E-state index contributed by atoms with van der Waals surface area (Å²) in [6, 6.07) is 4.10. The van der Waals surface area contributed by atoms with Crippen LogP contribution in [0.3, 0.4) is 0 Å². The Hall–Kier alpha value is -3.27. The highest BCUT2D eigenvalue weighted by atomic mass is 19.4. The number of rotatable bonds is 10. The van der Waals surface area contributed by atoms with Gasteiger partial charge < -0.3 is 14.8 Å². The van der Waals surface area contributed by atoms with Crippen LogP contribution >= 0.6 is 0 Å². The normalized spacial score (nSPS) is 11.9. The number of carbonyl (C=O) groups excluding carboxylic acids is 2. The molecule has 0 aromatic heterocycles. The molecule has 2 amide bonds. The van der Waals surface area contributed by atoms with E-state index >= 15 is 0 Å². The predicted octanol–water partition coefficient (Wildman–Crippen LogP) is 4.57. The first kappa shape index (κ1) is 25.8. The van der Waals surface area contributed by atoms with E-state index in [2.05, 4.69) is 16.6 Å². The zero-order valence-electron chi connectivity index (χ0n) is 17.5. The van der Waals surface area contributed by atoms with Gasteiger partial charge in [0.05, 0.1) is 20.8 Å². The topological polar surface area (TPSA) is 77.1 Å². The number of halogens is 3. The number of esters is 1. The molecule has 0 aliphatic rings. The maximum Gasteiger partial charge on any atom is 0.522 e. The van der Waals surface area contributed by atoms with E-state index in [4.69, 9.17) is 9.47 Å². The van der Waals surface area contributed by atoms with Crippen LogP contribution in [0.2, 0.25) is 0 Å². The minimum Gasteiger partial charge on any atom is -0.496 e. The molecule has 0 aliphatic carbocycles. The van der Waals surface area contributed by atoms with Crippen LogP contribution < -0.4 is 15.0 Å². The summed E-state index contributed by atoms with van der Waals surface area (Å²) in [4.78, 5) is 26.0. The summed E-state index contributed by atoms with van der Waals surface area (Å²) in [6.07, 6.45) is 1.06. The number of alkyl halides is 3. The lowest BCUT2D eigenvalue weighted by atomic mass is 10.1. The van der Waals surface area contributed by atoms with E-state index in [-0.39, 0.29) is 17.7 Å². The molecule has 0 aliphatic heterocycles. The van der Waals surface area contributed by atoms with Crippen LogP contribution in [0.15, 0.2) is 54.8 Å². The monoisotopic (exact) mass is 442 g/mol. The van der Waals surface area contributed by atoms with Crippen LogP contribution in [0.5, 0.6) is 5.75 Å². The van der Waals surface area contributed by atoms with Gasteiger partial charge in [-0.05, 0) is 25.1 Å². The fraction of sp³-hybridized carbons (Fsp3) is 0.333. The molecule has 170 valence electrons. The molecule has 0 spiro atoms. The summed E-state index contributed by atoms with van der Waals surface area (Å²) < 4.78 is 49.5. The van der Waals surface area contributed by atoms with E-state index in [1.807, 2.05) is 0 Å². The Morgan fingerprint density at radius 2 is 1.94 bits per heavy atom. The number of hydrogen-bond donors (Lipinski definition) is 1. The second-order valence-electron chi connectivity index (χ2n) is 5.91. The summed E-state index contributed by atoms with van der Waals surface area (Å²) in [7, 11) is 2.64. The van der Waals surface area contributed by atoms with Crippen molar-refractivity contribution in [3.63, 3.8) is 0 Å². The molecule has 7 nitrogen and oxygen atoms in total. The van der Waals surface area contributed by atoms with Crippen LogP contribution in [0, 0.1) is 0 Å². The third-order valence-corrected chi connectivity index (χ3v) is 3.90. The van der Waals surface area contributed by atoms with Crippen LogP contribution in [0.25, 0.3) is 0 Å². The van der Waals surface area contributed by atoms with Crippen LogP contribution in [-0.4, -0.2) is 45.7 Å². The predicted molar refractivity (Wildman–Crippen MR) is 110 cm³/mol. The van der Waals surface area contributed by atoms with Gasteiger partial charge in [0.1, 0.15) is 11.3 Å². The van der Waals surface area contributed by atoms with Crippen molar-refractivity contribution in [3.05, 3.63) is 60.3 Å². The van der Waals surface area contributed by atoms with Gasteiger partial charge in [0.2, 0.25) is 0 Å². The van der Waals surface area contributed by atoms with Gasteiger partial charge in [0.15, 0.2) is 0 Å². The molecule has 1 aromatic carbocycles. The molecule has 0 heterocycles. The van der Waals surface area contributed by atoms with Crippen molar-refractivity contribution in [1.29, 1.82) is 0 Å². The number of allylic oxidation sites excluding steroid dienone is 3. The van der Waals surface area contributed by atoms with E-state index in [0.29, 0.717) is 17.9 Å². The van der Waals surface area contributed by atoms with Gasteiger partial charge in [0.25, 0.3) is 0 Å². The van der Waals surface area contributed by atoms with Gasteiger partial charge in [-0.2, -0.15) is 0 Å². The lowest BCUT2D eigenvalue weighted by Crippen LogP contribution is -2.39. The molecule has 10 heteroatoms. The summed E-state index contributed by atoms with van der Waals surface area (Å²) in [5, 5.41) is 2.69. The number of carbonyl (C=O) groups is 2. The minimum absolute atomic E-state index is 0.154. The molecule has 31 heavy (non-hydrogen) atoms.